The number of nitrogens with one attached hydrogen (secondary N) is 1. The zero-order valence-electron chi connectivity index (χ0n) is 19.6. The lowest BCUT2D eigenvalue weighted by Gasteiger charge is -2.31. The van der Waals surface area contributed by atoms with Gasteiger partial charge in [-0.15, -0.1) is 24.0 Å². The summed E-state index contributed by atoms with van der Waals surface area (Å²) in [6.45, 7) is 6.64. The fourth-order valence-electron chi connectivity index (χ4n) is 4.71. The van der Waals surface area contributed by atoms with Crippen molar-refractivity contribution in [2.45, 2.75) is 45.3 Å². The Labute approximate surface area is 213 Å². The Morgan fingerprint density at radius 1 is 1.21 bits per heavy atom. The van der Waals surface area contributed by atoms with Gasteiger partial charge in [0.05, 0.1) is 24.5 Å². The SMILES string of the molecule is CCNC(=NCc1ccc(N2CCC(O)CC2)c(F)c1)N1CCC(Cc2cnn(C)c2)C1.I. The zero-order valence-corrected chi connectivity index (χ0v) is 21.9. The van der Waals surface area contributed by atoms with Crippen LogP contribution in [0.25, 0.3) is 0 Å². The van der Waals surface area contributed by atoms with Gasteiger partial charge in [0.1, 0.15) is 5.82 Å². The maximum Gasteiger partial charge on any atom is 0.194 e. The third-order valence-electron chi connectivity index (χ3n) is 6.43. The first-order chi connectivity index (χ1) is 15.5. The average Bonchev–Trinajstić information content (AvgIpc) is 3.41. The Bertz CT molecular complexity index is 927. The number of likely N-dealkylation sites (tertiary alicyclic amines) is 1. The predicted octanol–water partition coefficient (Wildman–Crippen LogP) is 3.17. The van der Waals surface area contributed by atoms with Crippen molar-refractivity contribution in [1.29, 1.82) is 0 Å². The fraction of sp³-hybridized carbons (Fsp3) is 0.583. The van der Waals surface area contributed by atoms with Gasteiger partial charge < -0.3 is 20.2 Å². The number of halogens is 2. The molecule has 1 aromatic heterocycles. The van der Waals surface area contributed by atoms with E-state index in [0.29, 0.717) is 44.1 Å². The quantitative estimate of drug-likeness (QED) is 0.318. The third kappa shape index (κ3) is 6.81. The van der Waals surface area contributed by atoms with Crippen LogP contribution >= 0.6 is 24.0 Å². The van der Waals surface area contributed by atoms with E-state index in [1.54, 1.807) is 6.07 Å². The van der Waals surface area contributed by atoms with Gasteiger partial charge in [0.15, 0.2) is 5.96 Å². The van der Waals surface area contributed by atoms with Crippen molar-refractivity contribution in [1.82, 2.24) is 20.0 Å². The lowest BCUT2D eigenvalue weighted by molar-refractivity contribution is 0.145. The van der Waals surface area contributed by atoms with Crippen molar-refractivity contribution < 1.29 is 9.50 Å². The molecule has 1 atom stereocenters. The van der Waals surface area contributed by atoms with Crippen LogP contribution in [0.15, 0.2) is 35.6 Å². The van der Waals surface area contributed by atoms with E-state index in [0.717, 1.165) is 44.0 Å². The lowest BCUT2D eigenvalue weighted by Crippen LogP contribution is -2.40. The molecule has 1 aromatic carbocycles. The molecule has 9 heteroatoms. The highest BCUT2D eigenvalue weighted by atomic mass is 127. The molecule has 2 aliphatic rings. The van der Waals surface area contributed by atoms with Gasteiger partial charge in [-0.25, -0.2) is 9.38 Å². The number of anilines is 1. The molecule has 0 spiro atoms. The average molecular weight is 570 g/mol. The van der Waals surface area contributed by atoms with Crippen molar-refractivity contribution in [3.63, 3.8) is 0 Å². The van der Waals surface area contributed by atoms with Crippen LogP contribution in [0.2, 0.25) is 0 Å². The number of hydrogen-bond donors (Lipinski definition) is 2. The molecule has 33 heavy (non-hydrogen) atoms. The maximum absolute atomic E-state index is 14.8. The molecule has 0 aliphatic carbocycles. The van der Waals surface area contributed by atoms with Crippen LogP contribution in [-0.4, -0.2) is 64.6 Å². The fourth-order valence-corrected chi connectivity index (χ4v) is 4.71. The van der Waals surface area contributed by atoms with Crippen LogP contribution in [0.5, 0.6) is 0 Å². The molecule has 0 saturated carbocycles. The van der Waals surface area contributed by atoms with Crippen molar-refractivity contribution in [2.24, 2.45) is 18.0 Å². The summed E-state index contributed by atoms with van der Waals surface area (Å²) in [5.74, 6) is 1.27. The number of aliphatic hydroxyl groups is 1. The summed E-state index contributed by atoms with van der Waals surface area (Å²) in [4.78, 5) is 9.14. The van der Waals surface area contributed by atoms with E-state index in [1.807, 2.05) is 35.0 Å². The Kier molecular flexibility index (Phi) is 9.37. The number of piperidine rings is 1. The van der Waals surface area contributed by atoms with E-state index in [2.05, 4.69) is 28.4 Å². The molecule has 182 valence electrons. The van der Waals surface area contributed by atoms with E-state index in [1.165, 1.54) is 5.56 Å². The molecule has 1 unspecified atom stereocenters. The highest BCUT2D eigenvalue weighted by molar-refractivity contribution is 14.0. The highest BCUT2D eigenvalue weighted by Crippen LogP contribution is 2.25. The summed E-state index contributed by atoms with van der Waals surface area (Å²) in [7, 11) is 1.95. The monoisotopic (exact) mass is 570 g/mol. The largest absolute Gasteiger partial charge is 0.393 e. The van der Waals surface area contributed by atoms with Gasteiger partial charge in [0.2, 0.25) is 0 Å². The van der Waals surface area contributed by atoms with E-state index < -0.39 is 0 Å². The van der Waals surface area contributed by atoms with Gasteiger partial charge in [-0.1, -0.05) is 6.07 Å². The highest BCUT2D eigenvalue weighted by Gasteiger charge is 2.25. The molecule has 2 fully saturated rings. The molecule has 2 aromatic rings. The number of rotatable bonds is 6. The molecule has 2 N–H and O–H groups in total. The Morgan fingerprint density at radius 2 is 2.00 bits per heavy atom. The van der Waals surface area contributed by atoms with Crippen LogP contribution in [-0.2, 0) is 20.0 Å². The molecule has 0 bridgehead atoms. The molecular formula is C24H36FIN6O. The zero-order chi connectivity index (χ0) is 22.5. The number of guanidine groups is 1. The van der Waals surface area contributed by atoms with Crippen LogP contribution in [0, 0.1) is 11.7 Å². The van der Waals surface area contributed by atoms with Crippen molar-refractivity contribution in [2.75, 3.05) is 37.6 Å². The number of aromatic nitrogens is 2. The number of benzene rings is 1. The number of aliphatic hydroxyl groups excluding tert-OH is 1. The topological polar surface area (TPSA) is 68.9 Å². The van der Waals surface area contributed by atoms with E-state index in [-0.39, 0.29) is 35.9 Å². The van der Waals surface area contributed by atoms with Gasteiger partial charge >= 0.3 is 0 Å². The second-order valence-corrected chi connectivity index (χ2v) is 9.00. The first kappa shape index (κ1) is 25.7. The van der Waals surface area contributed by atoms with E-state index in [9.17, 15) is 9.50 Å². The Hall–Kier alpha value is -1.88. The Balaban J connectivity index is 0.00000306. The molecule has 2 saturated heterocycles. The summed E-state index contributed by atoms with van der Waals surface area (Å²) in [5, 5.41) is 17.4. The predicted molar refractivity (Wildman–Crippen MR) is 141 cm³/mol. The van der Waals surface area contributed by atoms with Crippen LogP contribution in [0.4, 0.5) is 10.1 Å². The van der Waals surface area contributed by atoms with Gasteiger partial charge in [-0.05, 0) is 61.8 Å². The summed E-state index contributed by atoms with van der Waals surface area (Å²) >= 11 is 0. The molecule has 4 rings (SSSR count). The molecule has 7 nitrogen and oxygen atoms in total. The van der Waals surface area contributed by atoms with Crippen LogP contribution in [0.3, 0.4) is 0 Å². The number of aryl methyl sites for hydroxylation is 1. The van der Waals surface area contributed by atoms with E-state index >= 15 is 0 Å². The minimum atomic E-state index is -0.262. The smallest absolute Gasteiger partial charge is 0.194 e. The van der Waals surface area contributed by atoms with Crippen LogP contribution < -0.4 is 10.2 Å². The number of hydrogen-bond acceptors (Lipinski definition) is 4. The third-order valence-corrected chi connectivity index (χ3v) is 6.43. The number of aliphatic imine (C=N–C) groups is 1. The minimum Gasteiger partial charge on any atom is -0.393 e. The number of nitrogens with zero attached hydrogens (tertiary/aromatic N) is 5. The molecule has 2 aliphatic heterocycles. The van der Waals surface area contributed by atoms with Gasteiger partial charge in [0, 0.05) is 46.0 Å². The summed E-state index contributed by atoms with van der Waals surface area (Å²) in [6, 6.07) is 5.42. The summed E-state index contributed by atoms with van der Waals surface area (Å²) < 4.78 is 16.6. The van der Waals surface area contributed by atoms with Gasteiger partial charge in [0.25, 0.3) is 0 Å². The van der Waals surface area contributed by atoms with Gasteiger partial charge in [-0.3, -0.25) is 4.68 Å². The second kappa shape index (κ2) is 12.0. The Morgan fingerprint density at radius 3 is 2.67 bits per heavy atom. The first-order valence-corrected chi connectivity index (χ1v) is 11.7. The molecular weight excluding hydrogens is 534 g/mol. The summed E-state index contributed by atoms with van der Waals surface area (Å²) in [5.41, 5.74) is 2.76. The van der Waals surface area contributed by atoms with Gasteiger partial charge in [-0.2, -0.15) is 5.10 Å². The second-order valence-electron chi connectivity index (χ2n) is 9.00. The molecule has 0 radical (unpaired) electrons. The van der Waals surface area contributed by atoms with Crippen molar-refractivity contribution in [3.05, 3.63) is 47.5 Å². The lowest BCUT2D eigenvalue weighted by atomic mass is 10.0. The van der Waals surface area contributed by atoms with Crippen molar-refractivity contribution >= 4 is 35.6 Å². The maximum atomic E-state index is 14.8. The van der Waals surface area contributed by atoms with Crippen molar-refractivity contribution in [3.8, 4) is 0 Å². The summed E-state index contributed by atoms with van der Waals surface area (Å²) in [6.07, 6.45) is 7.32. The molecule has 0 amide bonds. The molecule has 3 heterocycles. The minimum absolute atomic E-state index is 0. The van der Waals surface area contributed by atoms with E-state index in [4.69, 9.17) is 4.99 Å². The first-order valence-electron chi connectivity index (χ1n) is 11.7. The van der Waals surface area contributed by atoms with Crippen LogP contribution in [0.1, 0.15) is 37.3 Å². The standard InChI is InChI=1S/C24H35FN6O.HI/c1-3-26-24(31-9-6-19(17-31)12-20-15-28-29(2)16-20)27-14-18-4-5-23(22(25)13-18)30-10-7-21(32)8-11-30;/h4-5,13,15-16,19,21,32H,3,6-12,14,17H2,1-2H3,(H,26,27);1H. The normalized spacial score (nSPS) is 19.6.